The van der Waals surface area contributed by atoms with Gasteiger partial charge in [-0.05, 0) is 31.0 Å². The van der Waals surface area contributed by atoms with E-state index in [0.717, 1.165) is 30.2 Å². The van der Waals surface area contributed by atoms with Crippen molar-refractivity contribution in [1.29, 1.82) is 0 Å². The lowest BCUT2D eigenvalue weighted by atomic mass is 10.1. The Morgan fingerprint density at radius 1 is 1.50 bits per heavy atom. The quantitative estimate of drug-likeness (QED) is 0.854. The SMILES string of the molecule is Cc1ncc2c(n1)CN(CC(=O)N(C)Cc1ccco1)CC2. The van der Waals surface area contributed by atoms with Crippen LogP contribution in [0.1, 0.15) is 22.8 Å². The number of aromatic nitrogens is 2. The Morgan fingerprint density at radius 3 is 3.14 bits per heavy atom. The molecule has 0 saturated heterocycles. The zero-order valence-electron chi connectivity index (χ0n) is 13.0. The minimum atomic E-state index is 0.0885. The van der Waals surface area contributed by atoms with Gasteiger partial charge < -0.3 is 9.32 Å². The molecule has 3 rings (SSSR count). The summed E-state index contributed by atoms with van der Waals surface area (Å²) in [5.41, 5.74) is 2.23. The van der Waals surface area contributed by atoms with Crippen molar-refractivity contribution in [1.82, 2.24) is 19.8 Å². The molecule has 6 nitrogen and oxygen atoms in total. The first kappa shape index (κ1) is 14.7. The van der Waals surface area contributed by atoms with Gasteiger partial charge in [-0.1, -0.05) is 0 Å². The molecule has 0 N–H and O–H groups in total. The van der Waals surface area contributed by atoms with Crippen LogP contribution in [0.5, 0.6) is 0 Å². The molecule has 3 heterocycles. The van der Waals surface area contributed by atoms with E-state index >= 15 is 0 Å². The zero-order valence-corrected chi connectivity index (χ0v) is 13.0. The van der Waals surface area contributed by atoms with Crippen molar-refractivity contribution in [2.75, 3.05) is 20.1 Å². The molecule has 0 bridgehead atoms. The molecule has 0 aliphatic carbocycles. The lowest BCUT2D eigenvalue weighted by Gasteiger charge is -2.28. The van der Waals surface area contributed by atoms with Gasteiger partial charge in [0.15, 0.2) is 0 Å². The van der Waals surface area contributed by atoms with E-state index in [0.29, 0.717) is 19.6 Å². The van der Waals surface area contributed by atoms with Crippen LogP contribution in [0.2, 0.25) is 0 Å². The molecule has 1 amide bonds. The van der Waals surface area contributed by atoms with E-state index in [-0.39, 0.29) is 5.91 Å². The highest BCUT2D eigenvalue weighted by Gasteiger charge is 2.21. The Bertz CT molecular complexity index is 654. The van der Waals surface area contributed by atoms with Crippen LogP contribution in [-0.2, 0) is 24.3 Å². The Hall–Kier alpha value is -2.21. The molecule has 116 valence electrons. The van der Waals surface area contributed by atoms with Crippen molar-refractivity contribution in [3.8, 4) is 0 Å². The molecule has 0 fully saturated rings. The highest BCUT2D eigenvalue weighted by atomic mass is 16.3. The number of likely N-dealkylation sites (N-methyl/N-ethyl adjacent to an activating group) is 1. The highest BCUT2D eigenvalue weighted by Crippen LogP contribution is 2.16. The zero-order chi connectivity index (χ0) is 15.5. The number of furan rings is 1. The van der Waals surface area contributed by atoms with Gasteiger partial charge in [0.05, 0.1) is 25.0 Å². The van der Waals surface area contributed by atoms with Gasteiger partial charge in [-0.15, -0.1) is 0 Å². The van der Waals surface area contributed by atoms with Crippen LogP contribution >= 0.6 is 0 Å². The predicted molar refractivity (Wildman–Crippen MR) is 80.9 cm³/mol. The topological polar surface area (TPSA) is 62.5 Å². The minimum Gasteiger partial charge on any atom is -0.467 e. The third-order valence-electron chi connectivity index (χ3n) is 3.90. The molecule has 0 spiro atoms. The molecule has 0 unspecified atom stereocenters. The van der Waals surface area contributed by atoms with Gasteiger partial charge in [0.25, 0.3) is 0 Å². The molecule has 0 atom stereocenters. The minimum absolute atomic E-state index is 0.0885. The van der Waals surface area contributed by atoms with Crippen LogP contribution in [-0.4, -0.2) is 45.8 Å². The lowest BCUT2D eigenvalue weighted by molar-refractivity contribution is -0.132. The van der Waals surface area contributed by atoms with Crippen molar-refractivity contribution in [2.45, 2.75) is 26.4 Å². The van der Waals surface area contributed by atoms with Crippen molar-refractivity contribution in [3.63, 3.8) is 0 Å². The van der Waals surface area contributed by atoms with E-state index < -0.39 is 0 Å². The molecular weight excluding hydrogens is 280 g/mol. The molecular formula is C16H20N4O2. The predicted octanol–water partition coefficient (Wildman–Crippen LogP) is 1.39. The molecule has 0 radical (unpaired) electrons. The van der Waals surface area contributed by atoms with E-state index in [2.05, 4.69) is 14.9 Å². The normalized spacial score (nSPS) is 14.6. The molecule has 22 heavy (non-hydrogen) atoms. The second-order valence-electron chi connectivity index (χ2n) is 5.68. The van der Waals surface area contributed by atoms with Crippen LogP contribution in [0.15, 0.2) is 29.0 Å². The van der Waals surface area contributed by atoms with Crippen molar-refractivity contribution in [3.05, 3.63) is 47.4 Å². The average molecular weight is 300 g/mol. The number of carbonyl (C=O) groups is 1. The van der Waals surface area contributed by atoms with Gasteiger partial charge in [-0.2, -0.15) is 0 Å². The van der Waals surface area contributed by atoms with E-state index in [4.69, 9.17) is 4.42 Å². The smallest absolute Gasteiger partial charge is 0.236 e. The summed E-state index contributed by atoms with van der Waals surface area (Å²) in [4.78, 5) is 24.9. The standard InChI is InChI=1S/C16H20N4O2/c1-12-17-8-13-5-6-20(10-15(13)18-12)11-16(21)19(2)9-14-4-3-7-22-14/h3-4,7-8H,5-6,9-11H2,1-2H3. The number of nitrogens with zero attached hydrogens (tertiary/aromatic N) is 4. The Kier molecular flexibility index (Phi) is 4.20. The Morgan fingerprint density at radius 2 is 2.36 bits per heavy atom. The van der Waals surface area contributed by atoms with Gasteiger partial charge in [-0.25, -0.2) is 9.97 Å². The fourth-order valence-electron chi connectivity index (χ4n) is 2.63. The van der Waals surface area contributed by atoms with E-state index in [9.17, 15) is 4.79 Å². The molecule has 0 saturated carbocycles. The second kappa shape index (κ2) is 6.27. The second-order valence-corrected chi connectivity index (χ2v) is 5.68. The van der Waals surface area contributed by atoms with Gasteiger partial charge in [0.2, 0.25) is 5.91 Å². The van der Waals surface area contributed by atoms with Crippen molar-refractivity contribution < 1.29 is 9.21 Å². The summed E-state index contributed by atoms with van der Waals surface area (Å²) in [6.45, 7) is 4.36. The average Bonchev–Trinajstić information content (AvgIpc) is 2.99. The third-order valence-corrected chi connectivity index (χ3v) is 3.90. The summed E-state index contributed by atoms with van der Waals surface area (Å²) in [6.07, 6.45) is 4.42. The van der Waals surface area contributed by atoms with Crippen LogP contribution in [0.4, 0.5) is 0 Å². The molecule has 2 aromatic heterocycles. The maximum Gasteiger partial charge on any atom is 0.236 e. The van der Waals surface area contributed by atoms with E-state index in [1.54, 1.807) is 18.2 Å². The first-order valence-electron chi connectivity index (χ1n) is 7.42. The summed E-state index contributed by atoms with van der Waals surface area (Å²) in [6, 6.07) is 3.71. The van der Waals surface area contributed by atoms with E-state index in [1.165, 1.54) is 5.56 Å². The number of amides is 1. The van der Waals surface area contributed by atoms with Crippen LogP contribution in [0.3, 0.4) is 0 Å². The molecule has 6 heteroatoms. The first-order valence-corrected chi connectivity index (χ1v) is 7.42. The number of hydrogen-bond donors (Lipinski definition) is 0. The number of carbonyl (C=O) groups excluding carboxylic acids is 1. The highest BCUT2D eigenvalue weighted by molar-refractivity contribution is 5.77. The summed E-state index contributed by atoms with van der Waals surface area (Å²) < 4.78 is 5.28. The van der Waals surface area contributed by atoms with Crippen molar-refractivity contribution >= 4 is 5.91 Å². The summed E-state index contributed by atoms with van der Waals surface area (Å²) >= 11 is 0. The van der Waals surface area contributed by atoms with Crippen molar-refractivity contribution in [2.24, 2.45) is 0 Å². The van der Waals surface area contributed by atoms with Crippen LogP contribution in [0, 0.1) is 6.92 Å². The molecule has 1 aliphatic rings. The number of fused-ring (bicyclic) bond motifs is 1. The number of aryl methyl sites for hydroxylation is 1. The molecule has 1 aliphatic heterocycles. The lowest BCUT2D eigenvalue weighted by Crippen LogP contribution is -2.40. The molecule has 0 aromatic carbocycles. The fraction of sp³-hybridized carbons (Fsp3) is 0.438. The maximum atomic E-state index is 12.3. The number of hydrogen-bond acceptors (Lipinski definition) is 5. The fourth-order valence-corrected chi connectivity index (χ4v) is 2.63. The first-order chi connectivity index (χ1) is 10.6. The van der Waals surface area contributed by atoms with Crippen LogP contribution < -0.4 is 0 Å². The van der Waals surface area contributed by atoms with Gasteiger partial charge in [-0.3, -0.25) is 9.69 Å². The summed E-state index contributed by atoms with van der Waals surface area (Å²) in [5, 5.41) is 0. The largest absolute Gasteiger partial charge is 0.467 e. The Labute approximate surface area is 129 Å². The van der Waals surface area contributed by atoms with Crippen LogP contribution in [0.25, 0.3) is 0 Å². The monoisotopic (exact) mass is 300 g/mol. The maximum absolute atomic E-state index is 12.3. The Balaban J connectivity index is 1.58. The summed E-state index contributed by atoms with van der Waals surface area (Å²) in [5.74, 6) is 1.66. The third kappa shape index (κ3) is 3.33. The molecule has 2 aromatic rings. The summed E-state index contributed by atoms with van der Waals surface area (Å²) in [7, 11) is 1.80. The number of rotatable bonds is 4. The van der Waals surface area contributed by atoms with Gasteiger partial charge >= 0.3 is 0 Å². The van der Waals surface area contributed by atoms with Gasteiger partial charge in [0.1, 0.15) is 11.6 Å². The van der Waals surface area contributed by atoms with Gasteiger partial charge in [0, 0.05) is 26.3 Å². The van der Waals surface area contributed by atoms with E-state index in [1.807, 2.05) is 25.3 Å².